The van der Waals surface area contributed by atoms with Gasteiger partial charge in [-0.3, -0.25) is 0 Å². The maximum Gasteiger partial charge on any atom is 0.205 e. The zero-order valence-electron chi connectivity index (χ0n) is 13.3. The Hall–Kier alpha value is -2.80. The average Bonchev–Trinajstić information content (AvgIpc) is 3.05. The average molecular weight is 356 g/mol. The van der Waals surface area contributed by atoms with Crippen molar-refractivity contribution in [1.29, 1.82) is 0 Å². The van der Waals surface area contributed by atoms with Gasteiger partial charge in [0.1, 0.15) is 11.6 Å². The van der Waals surface area contributed by atoms with Crippen molar-refractivity contribution >= 4 is 22.6 Å². The molecule has 128 valence electrons. The number of anilines is 1. The molecule has 0 fully saturated rings. The van der Waals surface area contributed by atoms with Gasteiger partial charge in [-0.25, -0.2) is 9.37 Å². The molecule has 1 aromatic heterocycles. The predicted octanol–water partition coefficient (Wildman–Crippen LogP) is 2.02. The molecule has 0 spiro atoms. The van der Waals surface area contributed by atoms with Gasteiger partial charge in [0.2, 0.25) is 5.13 Å². The zero-order valence-corrected chi connectivity index (χ0v) is 14.1. The van der Waals surface area contributed by atoms with E-state index in [0.717, 1.165) is 22.7 Å². The SMILES string of the molecule is O=C([O-])CN(Cc1ccccc1)c1nc(Cc2ccc(F)cc2)ns1. The van der Waals surface area contributed by atoms with Gasteiger partial charge >= 0.3 is 0 Å². The quantitative estimate of drug-likeness (QED) is 0.648. The van der Waals surface area contributed by atoms with E-state index in [1.165, 1.54) is 12.1 Å². The highest BCUT2D eigenvalue weighted by Crippen LogP contribution is 2.21. The monoisotopic (exact) mass is 356 g/mol. The number of hydrogen-bond donors (Lipinski definition) is 0. The van der Waals surface area contributed by atoms with E-state index in [0.29, 0.717) is 23.9 Å². The molecule has 0 saturated carbocycles. The molecule has 5 nitrogen and oxygen atoms in total. The Morgan fingerprint density at radius 2 is 1.80 bits per heavy atom. The summed E-state index contributed by atoms with van der Waals surface area (Å²) in [5.74, 6) is -0.895. The highest BCUT2D eigenvalue weighted by Gasteiger charge is 2.14. The summed E-state index contributed by atoms with van der Waals surface area (Å²) < 4.78 is 17.3. The molecule has 25 heavy (non-hydrogen) atoms. The van der Waals surface area contributed by atoms with Crippen molar-refractivity contribution in [2.45, 2.75) is 13.0 Å². The lowest BCUT2D eigenvalue weighted by Crippen LogP contribution is -2.37. The highest BCUT2D eigenvalue weighted by molar-refractivity contribution is 7.09. The summed E-state index contributed by atoms with van der Waals surface area (Å²) in [6.45, 7) is 0.139. The van der Waals surface area contributed by atoms with Crippen LogP contribution in [0.15, 0.2) is 54.6 Å². The minimum atomic E-state index is -1.17. The predicted molar refractivity (Wildman–Crippen MR) is 91.6 cm³/mol. The van der Waals surface area contributed by atoms with Crippen molar-refractivity contribution in [2.75, 3.05) is 11.4 Å². The van der Waals surface area contributed by atoms with Gasteiger partial charge in [0.05, 0.1) is 12.5 Å². The lowest BCUT2D eigenvalue weighted by molar-refractivity contribution is -0.303. The third kappa shape index (κ3) is 4.84. The fraction of sp³-hybridized carbons (Fsp3) is 0.167. The Bertz CT molecular complexity index is 837. The Labute approximate surface area is 148 Å². The van der Waals surface area contributed by atoms with E-state index in [-0.39, 0.29) is 12.4 Å². The maximum absolute atomic E-state index is 13.0. The summed E-state index contributed by atoms with van der Waals surface area (Å²) in [5.41, 5.74) is 1.86. The molecule has 3 aromatic rings. The van der Waals surface area contributed by atoms with E-state index >= 15 is 0 Å². The van der Waals surface area contributed by atoms with Crippen LogP contribution in [-0.4, -0.2) is 21.9 Å². The van der Waals surface area contributed by atoms with Crippen molar-refractivity contribution in [3.63, 3.8) is 0 Å². The summed E-state index contributed by atoms with van der Waals surface area (Å²) in [4.78, 5) is 17.1. The molecular formula is C18H15FN3O2S-. The molecule has 3 rings (SSSR count). The van der Waals surface area contributed by atoms with Crippen LogP contribution in [0.4, 0.5) is 9.52 Å². The van der Waals surface area contributed by atoms with Crippen molar-refractivity contribution < 1.29 is 14.3 Å². The number of carboxylic acids is 1. The highest BCUT2D eigenvalue weighted by atomic mass is 32.1. The van der Waals surface area contributed by atoms with Gasteiger partial charge in [-0.15, -0.1) is 0 Å². The van der Waals surface area contributed by atoms with Crippen LogP contribution >= 0.6 is 11.5 Å². The van der Waals surface area contributed by atoms with Gasteiger partial charge in [0, 0.05) is 24.5 Å². The Morgan fingerprint density at radius 3 is 2.48 bits per heavy atom. The number of carbonyl (C=O) groups excluding carboxylic acids is 1. The molecule has 0 atom stereocenters. The normalized spacial score (nSPS) is 10.6. The van der Waals surface area contributed by atoms with E-state index < -0.39 is 5.97 Å². The van der Waals surface area contributed by atoms with Crippen molar-refractivity contribution in [3.05, 3.63) is 77.4 Å². The standard InChI is InChI=1S/C18H16FN3O2S/c19-15-8-6-13(7-9-15)10-16-20-18(25-21-16)22(12-17(23)24)11-14-4-2-1-3-5-14/h1-9H,10-12H2,(H,23,24)/p-1. The van der Waals surface area contributed by atoms with Crippen LogP contribution < -0.4 is 10.0 Å². The first kappa shape index (κ1) is 17.0. The second-order valence-electron chi connectivity index (χ2n) is 5.51. The maximum atomic E-state index is 13.0. The van der Waals surface area contributed by atoms with Crippen LogP contribution in [0.3, 0.4) is 0 Å². The molecule has 1 heterocycles. The zero-order chi connectivity index (χ0) is 17.6. The summed E-state index contributed by atoms with van der Waals surface area (Å²) in [7, 11) is 0. The first-order valence-corrected chi connectivity index (χ1v) is 8.43. The first-order chi connectivity index (χ1) is 12.1. The number of aliphatic carboxylic acids is 1. The molecule has 2 aromatic carbocycles. The number of halogens is 1. The number of nitrogens with zero attached hydrogens (tertiary/aromatic N) is 3. The molecule has 0 aliphatic rings. The molecule has 0 N–H and O–H groups in total. The fourth-order valence-electron chi connectivity index (χ4n) is 2.38. The van der Waals surface area contributed by atoms with E-state index in [9.17, 15) is 14.3 Å². The van der Waals surface area contributed by atoms with Gasteiger partial charge in [-0.2, -0.15) is 4.37 Å². The van der Waals surface area contributed by atoms with E-state index in [1.54, 1.807) is 17.0 Å². The molecule has 0 radical (unpaired) electrons. The van der Waals surface area contributed by atoms with Crippen LogP contribution in [0.1, 0.15) is 17.0 Å². The summed E-state index contributed by atoms with van der Waals surface area (Å²) in [5, 5.41) is 11.6. The van der Waals surface area contributed by atoms with Gasteiger partial charge < -0.3 is 14.8 Å². The summed E-state index contributed by atoms with van der Waals surface area (Å²) in [6.07, 6.45) is 0.460. The minimum Gasteiger partial charge on any atom is -0.548 e. The second-order valence-corrected chi connectivity index (χ2v) is 6.24. The lowest BCUT2D eigenvalue weighted by Gasteiger charge is -2.21. The fourth-order valence-corrected chi connectivity index (χ4v) is 3.06. The lowest BCUT2D eigenvalue weighted by atomic mass is 10.1. The molecule has 7 heteroatoms. The number of rotatable bonds is 7. The molecule has 0 amide bonds. The van der Waals surface area contributed by atoms with Crippen molar-refractivity contribution in [2.24, 2.45) is 0 Å². The third-order valence-corrected chi connectivity index (χ3v) is 4.35. The summed E-state index contributed by atoms with van der Waals surface area (Å²) >= 11 is 1.14. The molecule has 0 saturated heterocycles. The Kier molecular flexibility index (Phi) is 5.35. The molecule has 0 bridgehead atoms. The van der Waals surface area contributed by atoms with Gasteiger partial charge in [0.15, 0.2) is 0 Å². The van der Waals surface area contributed by atoms with Crippen LogP contribution in [-0.2, 0) is 17.8 Å². The van der Waals surface area contributed by atoms with Crippen LogP contribution in [0.25, 0.3) is 0 Å². The second kappa shape index (κ2) is 7.85. The Balaban J connectivity index is 1.76. The minimum absolute atomic E-state index is 0.264. The molecule has 0 unspecified atom stereocenters. The number of benzene rings is 2. The summed E-state index contributed by atoms with van der Waals surface area (Å²) in [6, 6.07) is 15.7. The van der Waals surface area contributed by atoms with E-state index in [4.69, 9.17) is 0 Å². The topological polar surface area (TPSA) is 69.2 Å². The first-order valence-electron chi connectivity index (χ1n) is 7.66. The van der Waals surface area contributed by atoms with Crippen LogP contribution in [0.5, 0.6) is 0 Å². The third-order valence-electron chi connectivity index (χ3n) is 3.54. The van der Waals surface area contributed by atoms with E-state index in [1.807, 2.05) is 30.3 Å². The number of carbonyl (C=O) groups is 1. The van der Waals surface area contributed by atoms with Gasteiger partial charge in [0.25, 0.3) is 0 Å². The number of hydrogen-bond acceptors (Lipinski definition) is 6. The largest absolute Gasteiger partial charge is 0.548 e. The Morgan fingerprint density at radius 1 is 1.08 bits per heavy atom. The molecular weight excluding hydrogens is 341 g/mol. The van der Waals surface area contributed by atoms with Gasteiger partial charge in [-0.05, 0) is 23.3 Å². The van der Waals surface area contributed by atoms with Crippen LogP contribution in [0.2, 0.25) is 0 Å². The van der Waals surface area contributed by atoms with Gasteiger partial charge in [-0.1, -0.05) is 42.5 Å². The smallest absolute Gasteiger partial charge is 0.205 e. The number of carboxylic acid groups (broad SMARTS) is 1. The number of aromatic nitrogens is 2. The molecule has 0 aliphatic heterocycles. The van der Waals surface area contributed by atoms with Crippen LogP contribution in [0, 0.1) is 5.82 Å². The molecule has 0 aliphatic carbocycles. The van der Waals surface area contributed by atoms with Crippen molar-refractivity contribution in [1.82, 2.24) is 9.36 Å². The van der Waals surface area contributed by atoms with E-state index in [2.05, 4.69) is 9.36 Å². The van der Waals surface area contributed by atoms with Crippen molar-refractivity contribution in [3.8, 4) is 0 Å².